The Kier molecular flexibility index (Phi) is 2.93. The van der Waals surface area contributed by atoms with Crippen LogP contribution < -0.4 is 5.32 Å². The SMILES string of the molecule is O=C(Nc1ccc(Cl)nc1)c1ccc2cc[nH]c2c1. The maximum Gasteiger partial charge on any atom is 0.255 e. The molecule has 0 bridgehead atoms. The fourth-order valence-corrected chi connectivity index (χ4v) is 1.95. The van der Waals surface area contributed by atoms with Crippen molar-refractivity contribution < 1.29 is 4.79 Å². The van der Waals surface area contributed by atoms with E-state index >= 15 is 0 Å². The Balaban J connectivity index is 1.84. The third kappa shape index (κ3) is 2.44. The summed E-state index contributed by atoms with van der Waals surface area (Å²) in [4.78, 5) is 19.1. The van der Waals surface area contributed by atoms with Crippen molar-refractivity contribution >= 4 is 34.1 Å². The molecule has 0 atom stereocenters. The third-order valence-corrected chi connectivity index (χ3v) is 3.03. The van der Waals surface area contributed by atoms with E-state index in [0.29, 0.717) is 16.4 Å². The van der Waals surface area contributed by atoms with E-state index in [1.54, 1.807) is 18.2 Å². The van der Waals surface area contributed by atoms with Crippen molar-refractivity contribution in [2.75, 3.05) is 5.32 Å². The second kappa shape index (κ2) is 4.74. The molecule has 19 heavy (non-hydrogen) atoms. The van der Waals surface area contributed by atoms with Crippen molar-refractivity contribution in [1.29, 1.82) is 0 Å². The molecule has 0 saturated heterocycles. The summed E-state index contributed by atoms with van der Waals surface area (Å²) >= 11 is 5.69. The first-order valence-electron chi connectivity index (χ1n) is 5.72. The first-order chi connectivity index (χ1) is 9.22. The maximum absolute atomic E-state index is 12.1. The van der Waals surface area contributed by atoms with Crippen molar-refractivity contribution in [1.82, 2.24) is 9.97 Å². The highest BCUT2D eigenvalue weighted by Gasteiger charge is 2.07. The second-order valence-corrected chi connectivity index (χ2v) is 4.49. The lowest BCUT2D eigenvalue weighted by Gasteiger charge is -2.05. The summed E-state index contributed by atoms with van der Waals surface area (Å²) in [5, 5.41) is 4.24. The van der Waals surface area contributed by atoms with Gasteiger partial charge < -0.3 is 10.3 Å². The Morgan fingerprint density at radius 2 is 2.11 bits per heavy atom. The highest BCUT2D eigenvalue weighted by atomic mass is 35.5. The molecule has 0 saturated carbocycles. The molecule has 0 unspecified atom stereocenters. The lowest BCUT2D eigenvalue weighted by atomic mass is 10.1. The fourth-order valence-electron chi connectivity index (χ4n) is 1.84. The smallest absolute Gasteiger partial charge is 0.255 e. The van der Waals surface area contributed by atoms with Crippen LogP contribution in [-0.2, 0) is 0 Å². The summed E-state index contributed by atoms with van der Waals surface area (Å²) in [6, 6.07) is 10.8. The lowest BCUT2D eigenvalue weighted by molar-refractivity contribution is 0.102. The van der Waals surface area contributed by atoms with Crippen LogP contribution in [0.15, 0.2) is 48.8 Å². The summed E-state index contributed by atoms with van der Waals surface area (Å²) in [5.74, 6) is -0.180. The molecule has 4 nitrogen and oxygen atoms in total. The molecular weight excluding hydrogens is 262 g/mol. The van der Waals surface area contributed by atoms with Gasteiger partial charge in [-0.3, -0.25) is 4.79 Å². The summed E-state index contributed by atoms with van der Waals surface area (Å²) < 4.78 is 0. The number of amides is 1. The molecule has 0 aliphatic carbocycles. The van der Waals surface area contributed by atoms with Gasteiger partial charge in [-0.1, -0.05) is 17.7 Å². The van der Waals surface area contributed by atoms with Crippen LogP contribution in [0.3, 0.4) is 0 Å². The number of aromatic amines is 1. The molecule has 3 aromatic rings. The van der Waals surface area contributed by atoms with Crippen molar-refractivity contribution in [3.05, 3.63) is 59.5 Å². The van der Waals surface area contributed by atoms with E-state index in [4.69, 9.17) is 11.6 Å². The van der Waals surface area contributed by atoms with Gasteiger partial charge in [0, 0.05) is 17.3 Å². The number of fused-ring (bicyclic) bond motifs is 1. The number of aromatic nitrogens is 2. The number of halogens is 1. The molecule has 0 spiro atoms. The Morgan fingerprint density at radius 1 is 1.21 bits per heavy atom. The molecule has 2 aromatic heterocycles. The zero-order valence-corrected chi connectivity index (χ0v) is 10.6. The Labute approximate surface area is 114 Å². The first kappa shape index (κ1) is 11.7. The average Bonchev–Trinajstić information content (AvgIpc) is 2.88. The van der Waals surface area contributed by atoms with Gasteiger partial charge in [0.15, 0.2) is 0 Å². The molecule has 0 aliphatic heterocycles. The quantitative estimate of drug-likeness (QED) is 0.701. The largest absolute Gasteiger partial charge is 0.361 e. The van der Waals surface area contributed by atoms with E-state index < -0.39 is 0 Å². The molecule has 2 N–H and O–H groups in total. The Morgan fingerprint density at radius 3 is 2.89 bits per heavy atom. The van der Waals surface area contributed by atoms with Gasteiger partial charge in [0.25, 0.3) is 5.91 Å². The van der Waals surface area contributed by atoms with Crippen molar-refractivity contribution in [2.45, 2.75) is 0 Å². The number of benzene rings is 1. The van der Waals surface area contributed by atoms with Gasteiger partial charge in [-0.05, 0) is 35.7 Å². The highest BCUT2D eigenvalue weighted by Crippen LogP contribution is 2.16. The molecule has 1 amide bonds. The van der Waals surface area contributed by atoms with E-state index in [1.165, 1.54) is 6.20 Å². The lowest BCUT2D eigenvalue weighted by Crippen LogP contribution is -2.11. The normalized spacial score (nSPS) is 10.6. The van der Waals surface area contributed by atoms with Crippen LogP contribution in [0.4, 0.5) is 5.69 Å². The Bertz CT molecular complexity index is 734. The molecule has 0 aliphatic rings. The van der Waals surface area contributed by atoms with E-state index in [0.717, 1.165) is 10.9 Å². The minimum absolute atomic E-state index is 0.180. The number of anilines is 1. The number of H-pyrrole nitrogens is 1. The monoisotopic (exact) mass is 271 g/mol. The van der Waals surface area contributed by atoms with Crippen LogP contribution in [-0.4, -0.2) is 15.9 Å². The van der Waals surface area contributed by atoms with E-state index in [2.05, 4.69) is 15.3 Å². The molecule has 5 heteroatoms. The van der Waals surface area contributed by atoms with Crippen molar-refractivity contribution in [3.8, 4) is 0 Å². The topological polar surface area (TPSA) is 57.8 Å². The van der Waals surface area contributed by atoms with Gasteiger partial charge in [0.05, 0.1) is 11.9 Å². The first-order valence-corrected chi connectivity index (χ1v) is 6.10. The molecule has 0 fully saturated rings. The van der Waals surface area contributed by atoms with Gasteiger partial charge in [-0.2, -0.15) is 0 Å². The second-order valence-electron chi connectivity index (χ2n) is 4.10. The number of nitrogens with one attached hydrogen (secondary N) is 2. The van der Waals surface area contributed by atoms with Crippen LogP contribution in [0.25, 0.3) is 10.9 Å². The molecule has 1 aromatic carbocycles. The van der Waals surface area contributed by atoms with Gasteiger partial charge in [0.1, 0.15) is 5.15 Å². The summed E-state index contributed by atoms with van der Waals surface area (Å²) in [5.41, 5.74) is 2.13. The zero-order valence-electron chi connectivity index (χ0n) is 9.85. The predicted octanol–water partition coefficient (Wildman–Crippen LogP) is 3.47. The van der Waals surface area contributed by atoms with Crippen molar-refractivity contribution in [3.63, 3.8) is 0 Å². The van der Waals surface area contributed by atoms with Gasteiger partial charge in [-0.15, -0.1) is 0 Å². The highest BCUT2D eigenvalue weighted by molar-refractivity contribution is 6.29. The number of hydrogen-bond donors (Lipinski definition) is 2. The van der Waals surface area contributed by atoms with Gasteiger partial charge in [-0.25, -0.2) is 4.98 Å². The minimum atomic E-state index is -0.180. The van der Waals surface area contributed by atoms with E-state index in [9.17, 15) is 4.79 Å². The standard InChI is InChI=1S/C14H10ClN3O/c15-13-4-3-11(8-17-13)18-14(19)10-2-1-9-5-6-16-12(9)7-10/h1-8,16H,(H,18,19). The number of nitrogens with zero attached hydrogens (tertiary/aromatic N) is 1. The number of hydrogen-bond acceptors (Lipinski definition) is 2. The number of pyridine rings is 1. The fraction of sp³-hybridized carbons (Fsp3) is 0. The van der Waals surface area contributed by atoms with Crippen LogP contribution >= 0.6 is 11.6 Å². The molecular formula is C14H10ClN3O. The minimum Gasteiger partial charge on any atom is -0.361 e. The molecule has 2 heterocycles. The van der Waals surface area contributed by atoms with E-state index in [-0.39, 0.29) is 5.91 Å². The van der Waals surface area contributed by atoms with Gasteiger partial charge in [0.2, 0.25) is 0 Å². The number of rotatable bonds is 2. The number of carbonyl (C=O) groups excluding carboxylic acids is 1. The van der Waals surface area contributed by atoms with Crippen molar-refractivity contribution in [2.24, 2.45) is 0 Å². The maximum atomic E-state index is 12.1. The molecule has 94 valence electrons. The third-order valence-electron chi connectivity index (χ3n) is 2.80. The summed E-state index contributed by atoms with van der Waals surface area (Å²) in [6.07, 6.45) is 3.36. The van der Waals surface area contributed by atoms with E-state index in [1.807, 2.05) is 24.4 Å². The molecule has 3 rings (SSSR count). The Hall–Kier alpha value is -2.33. The van der Waals surface area contributed by atoms with Crippen LogP contribution in [0.2, 0.25) is 5.15 Å². The predicted molar refractivity (Wildman–Crippen MR) is 75.5 cm³/mol. The summed E-state index contributed by atoms with van der Waals surface area (Å²) in [6.45, 7) is 0. The van der Waals surface area contributed by atoms with Gasteiger partial charge >= 0.3 is 0 Å². The average molecular weight is 272 g/mol. The molecule has 0 radical (unpaired) electrons. The van der Waals surface area contributed by atoms with Crippen LogP contribution in [0.5, 0.6) is 0 Å². The number of carbonyl (C=O) groups is 1. The summed E-state index contributed by atoms with van der Waals surface area (Å²) in [7, 11) is 0. The van der Waals surface area contributed by atoms with Crippen LogP contribution in [0, 0.1) is 0 Å². The zero-order chi connectivity index (χ0) is 13.2. The van der Waals surface area contributed by atoms with Crippen LogP contribution in [0.1, 0.15) is 10.4 Å².